The molecule has 0 spiro atoms. The third kappa shape index (κ3) is 4.06. The van der Waals surface area contributed by atoms with Crippen molar-refractivity contribution in [1.29, 1.82) is 0 Å². The van der Waals surface area contributed by atoms with Crippen LogP contribution in [-0.4, -0.2) is 0 Å². The fourth-order valence-corrected chi connectivity index (χ4v) is 1.46. The van der Waals surface area contributed by atoms with E-state index in [0.717, 1.165) is 12.8 Å². The first-order valence-electron chi connectivity index (χ1n) is 5.08. The van der Waals surface area contributed by atoms with Gasteiger partial charge in [0, 0.05) is 6.04 Å². The molecule has 15 heavy (non-hydrogen) atoms. The van der Waals surface area contributed by atoms with Crippen molar-refractivity contribution in [2.24, 2.45) is 5.73 Å². The predicted octanol–water partition coefficient (Wildman–Crippen LogP) is 3.69. The number of allylic oxidation sites excluding steroid dienone is 1. The van der Waals surface area contributed by atoms with E-state index < -0.39 is 0 Å². The Bertz CT molecular complexity index is 320. The molecule has 1 atom stereocenters. The Morgan fingerprint density at radius 2 is 2.00 bits per heavy atom. The highest BCUT2D eigenvalue weighted by atomic mass is 35.5. The van der Waals surface area contributed by atoms with E-state index in [1.807, 2.05) is 6.08 Å². The molecule has 84 valence electrons. The fourth-order valence-electron chi connectivity index (χ4n) is 1.46. The van der Waals surface area contributed by atoms with Crippen molar-refractivity contribution in [2.75, 3.05) is 0 Å². The number of rotatable bonds is 4. The minimum Gasteiger partial charge on any atom is -0.324 e. The fraction of sp³-hybridized carbons (Fsp3) is 0.385. The van der Waals surface area contributed by atoms with Gasteiger partial charge < -0.3 is 5.73 Å². The zero-order valence-corrected chi connectivity index (χ0v) is 10.3. The summed E-state index contributed by atoms with van der Waals surface area (Å²) in [6.07, 6.45) is 3.88. The largest absolute Gasteiger partial charge is 0.324 e. The third-order valence-electron chi connectivity index (χ3n) is 2.64. The second kappa shape index (κ2) is 6.65. The first-order valence-corrected chi connectivity index (χ1v) is 5.08. The van der Waals surface area contributed by atoms with Crippen molar-refractivity contribution >= 4 is 12.4 Å². The molecule has 0 aliphatic carbocycles. The molecule has 1 nitrogen and oxygen atoms in total. The zero-order chi connectivity index (χ0) is 10.6. The molecule has 0 amide bonds. The lowest BCUT2D eigenvalue weighted by atomic mass is 9.99. The van der Waals surface area contributed by atoms with Crippen LogP contribution < -0.4 is 5.73 Å². The zero-order valence-electron chi connectivity index (χ0n) is 9.49. The van der Waals surface area contributed by atoms with Crippen LogP contribution in [0.1, 0.15) is 35.6 Å². The summed E-state index contributed by atoms with van der Waals surface area (Å²) in [4.78, 5) is 0. The maximum Gasteiger partial charge on any atom is 0.0297 e. The summed E-state index contributed by atoms with van der Waals surface area (Å²) < 4.78 is 0. The van der Waals surface area contributed by atoms with Crippen LogP contribution >= 0.6 is 12.4 Å². The van der Waals surface area contributed by atoms with Crippen LogP contribution in [0.5, 0.6) is 0 Å². The van der Waals surface area contributed by atoms with Gasteiger partial charge in [0.15, 0.2) is 0 Å². The Morgan fingerprint density at radius 3 is 2.53 bits per heavy atom. The van der Waals surface area contributed by atoms with Gasteiger partial charge in [-0.1, -0.05) is 24.3 Å². The highest BCUT2D eigenvalue weighted by molar-refractivity contribution is 5.85. The molecule has 0 fully saturated rings. The maximum atomic E-state index is 6.05. The van der Waals surface area contributed by atoms with Crippen LogP contribution in [0.4, 0.5) is 0 Å². The molecule has 0 unspecified atom stereocenters. The average Bonchev–Trinajstić information content (AvgIpc) is 2.18. The van der Waals surface area contributed by atoms with Gasteiger partial charge >= 0.3 is 0 Å². The maximum absolute atomic E-state index is 6.05. The number of aryl methyl sites for hydroxylation is 2. The van der Waals surface area contributed by atoms with Crippen molar-refractivity contribution in [3.63, 3.8) is 0 Å². The van der Waals surface area contributed by atoms with Gasteiger partial charge in [0.05, 0.1) is 0 Å². The van der Waals surface area contributed by atoms with E-state index in [0.29, 0.717) is 0 Å². The summed E-state index contributed by atoms with van der Waals surface area (Å²) >= 11 is 0. The molecule has 0 aliphatic rings. The molecule has 2 N–H and O–H groups in total. The monoisotopic (exact) mass is 225 g/mol. The summed E-state index contributed by atoms with van der Waals surface area (Å²) in [6.45, 7) is 7.95. The molecule has 0 radical (unpaired) electrons. The lowest BCUT2D eigenvalue weighted by Gasteiger charge is -2.12. The van der Waals surface area contributed by atoms with Crippen molar-refractivity contribution < 1.29 is 0 Å². The van der Waals surface area contributed by atoms with Gasteiger partial charge in [0.1, 0.15) is 0 Å². The van der Waals surface area contributed by atoms with E-state index >= 15 is 0 Å². The molecule has 0 bridgehead atoms. The van der Waals surface area contributed by atoms with Crippen LogP contribution in [0.2, 0.25) is 0 Å². The number of benzene rings is 1. The van der Waals surface area contributed by atoms with E-state index in [9.17, 15) is 0 Å². The summed E-state index contributed by atoms with van der Waals surface area (Å²) in [5.74, 6) is 0. The second-order valence-corrected chi connectivity index (χ2v) is 3.82. The van der Waals surface area contributed by atoms with Crippen LogP contribution in [0.3, 0.4) is 0 Å². The molecule has 0 aliphatic heterocycles. The van der Waals surface area contributed by atoms with Crippen LogP contribution in [0, 0.1) is 13.8 Å². The lowest BCUT2D eigenvalue weighted by Crippen LogP contribution is -2.10. The highest BCUT2D eigenvalue weighted by Gasteiger charge is 2.05. The summed E-state index contributed by atoms with van der Waals surface area (Å²) in [7, 11) is 0. The van der Waals surface area contributed by atoms with Crippen LogP contribution in [0.25, 0.3) is 0 Å². The number of halogens is 1. The summed E-state index contributed by atoms with van der Waals surface area (Å²) in [5.41, 5.74) is 9.92. The molecular formula is C13H20ClN. The first-order chi connectivity index (χ1) is 6.65. The Balaban J connectivity index is 0.00000196. The van der Waals surface area contributed by atoms with Gasteiger partial charge in [-0.3, -0.25) is 0 Å². The smallest absolute Gasteiger partial charge is 0.0297 e. The van der Waals surface area contributed by atoms with Gasteiger partial charge in [0.2, 0.25) is 0 Å². The van der Waals surface area contributed by atoms with Crippen molar-refractivity contribution in [3.8, 4) is 0 Å². The number of hydrogen-bond donors (Lipinski definition) is 1. The topological polar surface area (TPSA) is 26.0 Å². The molecule has 2 heteroatoms. The van der Waals surface area contributed by atoms with E-state index in [-0.39, 0.29) is 18.4 Å². The highest BCUT2D eigenvalue weighted by Crippen LogP contribution is 2.18. The Hall–Kier alpha value is -0.790. The van der Waals surface area contributed by atoms with Crippen molar-refractivity contribution in [1.82, 2.24) is 0 Å². The van der Waals surface area contributed by atoms with E-state index in [1.165, 1.54) is 16.7 Å². The molecule has 0 aromatic heterocycles. The predicted molar refractivity (Wildman–Crippen MR) is 69.5 cm³/mol. The van der Waals surface area contributed by atoms with Gasteiger partial charge in [-0.05, 0) is 43.4 Å². The van der Waals surface area contributed by atoms with Crippen LogP contribution in [-0.2, 0) is 0 Å². The van der Waals surface area contributed by atoms with Crippen molar-refractivity contribution in [2.45, 2.75) is 32.7 Å². The molecule has 0 saturated carbocycles. The normalized spacial score (nSPS) is 11.7. The van der Waals surface area contributed by atoms with E-state index in [1.54, 1.807) is 0 Å². The quantitative estimate of drug-likeness (QED) is 0.778. The van der Waals surface area contributed by atoms with Gasteiger partial charge in [-0.2, -0.15) is 0 Å². The SMILES string of the molecule is C=CCC[C@@H](N)c1ccc(C)c(C)c1.Cl. The molecule has 0 heterocycles. The van der Waals surface area contributed by atoms with Gasteiger partial charge in [0.25, 0.3) is 0 Å². The standard InChI is InChI=1S/C13H19N.ClH/c1-4-5-6-13(14)12-8-7-10(2)11(3)9-12;/h4,7-9,13H,1,5-6,14H2,2-3H3;1H/t13-;/m1./s1. The molecule has 1 aromatic carbocycles. The Kier molecular flexibility index (Phi) is 6.30. The summed E-state index contributed by atoms with van der Waals surface area (Å²) in [5, 5.41) is 0. The minimum absolute atomic E-state index is 0. The van der Waals surface area contributed by atoms with Crippen molar-refractivity contribution in [3.05, 3.63) is 47.5 Å². The molecular weight excluding hydrogens is 206 g/mol. The number of nitrogens with two attached hydrogens (primary N) is 1. The third-order valence-corrected chi connectivity index (χ3v) is 2.64. The Labute approximate surface area is 98.8 Å². The van der Waals surface area contributed by atoms with Gasteiger partial charge in [-0.25, -0.2) is 0 Å². The molecule has 1 aromatic rings. The number of hydrogen-bond acceptors (Lipinski definition) is 1. The minimum atomic E-state index is 0. The first kappa shape index (κ1) is 14.2. The Morgan fingerprint density at radius 1 is 1.33 bits per heavy atom. The molecule has 1 rings (SSSR count). The lowest BCUT2D eigenvalue weighted by molar-refractivity contribution is 0.661. The molecule has 0 saturated heterocycles. The average molecular weight is 226 g/mol. The van der Waals surface area contributed by atoms with Gasteiger partial charge in [-0.15, -0.1) is 19.0 Å². The summed E-state index contributed by atoms with van der Waals surface area (Å²) in [6, 6.07) is 6.59. The van der Waals surface area contributed by atoms with E-state index in [2.05, 4.69) is 38.6 Å². The second-order valence-electron chi connectivity index (χ2n) is 3.82. The van der Waals surface area contributed by atoms with Crippen LogP contribution in [0.15, 0.2) is 30.9 Å². The van der Waals surface area contributed by atoms with E-state index in [4.69, 9.17) is 5.73 Å².